The second-order valence-electron chi connectivity index (χ2n) is 5.26. The van der Waals surface area contributed by atoms with Crippen LogP contribution < -0.4 is 16.0 Å². The van der Waals surface area contributed by atoms with Crippen LogP contribution in [-0.2, 0) is 0 Å². The van der Waals surface area contributed by atoms with E-state index in [0.717, 1.165) is 18.1 Å². The first kappa shape index (κ1) is 15.1. The summed E-state index contributed by atoms with van der Waals surface area (Å²) >= 11 is 1.33. The van der Waals surface area contributed by atoms with E-state index in [4.69, 9.17) is 5.73 Å². The molecule has 1 aliphatic heterocycles. The van der Waals surface area contributed by atoms with E-state index in [1.54, 1.807) is 0 Å². The van der Waals surface area contributed by atoms with Crippen LogP contribution in [-0.4, -0.2) is 56.1 Å². The van der Waals surface area contributed by atoms with Crippen molar-refractivity contribution in [1.82, 2.24) is 15.2 Å². The monoisotopic (exact) mass is 297 g/mol. The van der Waals surface area contributed by atoms with Gasteiger partial charge in [-0.2, -0.15) is 0 Å². The van der Waals surface area contributed by atoms with Crippen molar-refractivity contribution in [2.24, 2.45) is 0 Å². The van der Waals surface area contributed by atoms with Gasteiger partial charge in [0.2, 0.25) is 0 Å². The van der Waals surface area contributed by atoms with Crippen molar-refractivity contribution in [3.63, 3.8) is 0 Å². The van der Waals surface area contributed by atoms with Crippen molar-refractivity contribution in [2.75, 3.05) is 50.9 Å². The van der Waals surface area contributed by atoms with E-state index in [1.165, 1.54) is 37.3 Å². The van der Waals surface area contributed by atoms with E-state index in [-0.39, 0.29) is 5.91 Å². The summed E-state index contributed by atoms with van der Waals surface area (Å²) in [5, 5.41) is 3.68. The van der Waals surface area contributed by atoms with Crippen LogP contribution >= 0.6 is 11.3 Å². The molecule has 0 unspecified atom stereocenters. The van der Waals surface area contributed by atoms with Crippen LogP contribution in [0.25, 0.3) is 0 Å². The van der Waals surface area contributed by atoms with Gasteiger partial charge < -0.3 is 20.9 Å². The molecule has 7 heteroatoms. The minimum atomic E-state index is -0.116. The largest absolute Gasteiger partial charge is 0.382 e. The fourth-order valence-corrected chi connectivity index (χ4v) is 3.09. The van der Waals surface area contributed by atoms with Gasteiger partial charge in [0.25, 0.3) is 5.91 Å². The number of nitrogens with zero attached hydrogens (tertiary/aromatic N) is 3. The molecule has 1 aromatic heterocycles. The number of hydrogen-bond donors (Lipinski definition) is 2. The number of carbonyl (C=O) groups is 1. The molecule has 0 bridgehead atoms. The van der Waals surface area contributed by atoms with Crippen LogP contribution in [0, 0.1) is 0 Å². The minimum absolute atomic E-state index is 0.116. The average Bonchev–Trinajstić information content (AvgIpc) is 3.03. The lowest BCUT2D eigenvalue weighted by Gasteiger charge is -2.14. The molecule has 3 N–H and O–H groups in total. The highest BCUT2D eigenvalue weighted by Gasteiger charge is 2.17. The number of carbonyl (C=O) groups excluding carboxylic acids is 1. The average molecular weight is 297 g/mol. The van der Waals surface area contributed by atoms with Gasteiger partial charge in [0.15, 0.2) is 5.13 Å². The lowest BCUT2D eigenvalue weighted by Crippen LogP contribution is -2.28. The van der Waals surface area contributed by atoms with Crippen LogP contribution in [0.1, 0.15) is 28.9 Å². The molecule has 1 fully saturated rings. The highest BCUT2D eigenvalue weighted by molar-refractivity contribution is 7.18. The van der Waals surface area contributed by atoms with Gasteiger partial charge >= 0.3 is 0 Å². The van der Waals surface area contributed by atoms with Gasteiger partial charge in [-0.25, -0.2) is 4.98 Å². The SMILES string of the molecule is CN(C)c1nc(N)c(C(=O)NCCCN2CCCC2)s1. The van der Waals surface area contributed by atoms with Crippen LogP contribution in [0.3, 0.4) is 0 Å². The molecule has 0 atom stereocenters. The highest BCUT2D eigenvalue weighted by atomic mass is 32.1. The van der Waals surface area contributed by atoms with Crippen molar-refractivity contribution in [2.45, 2.75) is 19.3 Å². The van der Waals surface area contributed by atoms with E-state index in [1.807, 2.05) is 19.0 Å². The normalized spacial score (nSPS) is 15.5. The number of anilines is 2. The Bertz CT molecular complexity index is 454. The molecule has 1 saturated heterocycles. The molecule has 0 aromatic carbocycles. The summed E-state index contributed by atoms with van der Waals surface area (Å²) in [5.74, 6) is 0.199. The second-order valence-corrected chi connectivity index (χ2v) is 6.24. The van der Waals surface area contributed by atoms with Gasteiger partial charge in [0.1, 0.15) is 10.7 Å². The first-order valence-electron chi connectivity index (χ1n) is 7.02. The van der Waals surface area contributed by atoms with Gasteiger partial charge in [0, 0.05) is 20.6 Å². The molecule has 0 radical (unpaired) electrons. The molecule has 1 aliphatic rings. The predicted molar refractivity (Wildman–Crippen MR) is 83.5 cm³/mol. The number of likely N-dealkylation sites (tertiary alicyclic amines) is 1. The molecule has 2 heterocycles. The quantitative estimate of drug-likeness (QED) is 0.767. The standard InChI is InChI=1S/C13H23N5OS/c1-17(2)13-16-11(14)10(20-13)12(19)15-6-5-9-18-7-3-4-8-18/h3-9,14H2,1-2H3,(H,15,19). The fraction of sp³-hybridized carbons (Fsp3) is 0.692. The summed E-state index contributed by atoms with van der Waals surface area (Å²) in [5.41, 5.74) is 5.79. The number of nitrogens with two attached hydrogens (primary N) is 1. The topological polar surface area (TPSA) is 74.5 Å². The summed E-state index contributed by atoms with van der Waals surface area (Å²) < 4.78 is 0. The third kappa shape index (κ3) is 3.83. The molecular weight excluding hydrogens is 274 g/mol. The van der Waals surface area contributed by atoms with Crippen molar-refractivity contribution >= 4 is 28.2 Å². The Hall–Kier alpha value is -1.34. The van der Waals surface area contributed by atoms with Crippen molar-refractivity contribution in [3.8, 4) is 0 Å². The number of aromatic nitrogens is 1. The highest BCUT2D eigenvalue weighted by Crippen LogP contribution is 2.26. The maximum absolute atomic E-state index is 12.0. The molecule has 112 valence electrons. The Morgan fingerprint density at radius 3 is 2.75 bits per heavy atom. The Balaban J connectivity index is 1.76. The fourth-order valence-electron chi connectivity index (χ4n) is 2.27. The zero-order valence-electron chi connectivity index (χ0n) is 12.2. The molecule has 0 aliphatic carbocycles. The van der Waals surface area contributed by atoms with Gasteiger partial charge in [0.05, 0.1) is 0 Å². The van der Waals surface area contributed by atoms with Crippen LogP contribution in [0.15, 0.2) is 0 Å². The Labute approximate surface area is 124 Å². The predicted octanol–water partition coefficient (Wildman–Crippen LogP) is 1.01. The molecule has 1 amide bonds. The summed E-state index contributed by atoms with van der Waals surface area (Å²) in [7, 11) is 3.77. The maximum atomic E-state index is 12.0. The number of nitrogen functional groups attached to an aromatic ring is 1. The molecular formula is C13H23N5OS. The lowest BCUT2D eigenvalue weighted by atomic mass is 10.3. The van der Waals surface area contributed by atoms with E-state index >= 15 is 0 Å². The smallest absolute Gasteiger partial charge is 0.265 e. The first-order valence-corrected chi connectivity index (χ1v) is 7.84. The number of thiazole rings is 1. The van der Waals surface area contributed by atoms with Gasteiger partial charge in [-0.3, -0.25) is 4.79 Å². The summed E-state index contributed by atoms with van der Waals surface area (Å²) in [4.78, 5) is 21.0. The van der Waals surface area contributed by atoms with Gasteiger partial charge in [-0.15, -0.1) is 0 Å². The zero-order valence-corrected chi connectivity index (χ0v) is 13.0. The van der Waals surface area contributed by atoms with Crippen LogP contribution in [0.5, 0.6) is 0 Å². The van der Waals surface area contributed by atoms with Crippen LogP contribution in [0.2, 0.25) is 0 Å². The first-order chi connectivity index (χ1) is 9.58. The van der Waals surface area contributed by atoms with Crippen molar-refractivity contribution in [3.05, 3.63) is 4.88 Å². The van der Waals surface area contributed by atoms with Crippen LogP contribution in [0.4, 0.5) is 10.9 Å². The number of hydrogen-bond acceptors (Lipinski definition) is 6. The third-order valence-corrected chi connectivity index (χ3v) is 4.60. The second kappa shape index (κ2) is 6.90. The molecule has 2 rings (SSSR count). The number of nitrogens with one attached hydrogen (secondary N) is 1. The minimum Gasteiger partial charge on any atom is -0.382 e. The molecule has 0 saturated carbocycles. The van der Waals surface area contributed by atoms with E-state index < -0.39 is 0 Å². The Kier molecular flexibility index (Phi) is 5.19. The van der Waals surface area contributed by atoms with Gasteiger partial charge in [-0.05, 0) is 38.9 Å². The van der Waals surface area contributed by atoms with E-state index in [2.05, 4.69) is 15.2 Å². The Morgan fingerprint density at radius 1 is 1.45 bits per heavy atom. The maximum Gasteiger partial charge on any atom is 0.265 e. The lowest BCUT2D eigenvalue weighted by molar-refractivity contribution is 0.0956. The Morgan fingerprint density at radius 2 is 2.15 bits per heavy atom. The zero-order chi connectivity index (χ0) is 14.5. The summed E-state index contributed by atoms with van der Waals surface area (Å²) in [6.07, 6.45) is 3.58. The van der Waals surface area contributed by atoms with E-state index in [9.17, 15) is 4.79 Å². The molecule has 0 spiro atoms. The van der Waals surface area contributed by atoms with Crippen molar-refractivity contribution < 1.29 is 4.79 Å². The van der Waals surface area contributed by atoms with Gasteiger partial charge in [-0.1, -0.05) is 11.3 Å². The number of rotatable bonds is 6. The summed E-state index contributed by atoms with van der Waals surface area (Å²) in [6, 6.07) is 0. The van der Waals surface area contributed by atoms with Crippen molar-refractivity contribution in [1.29, 1.82) is 0 Å². The molecule has 20 heavy (non-hydrogen) atoms. The number of amides is 1. The molecule has 6 nitrogen and oxygen atoms in total. The molecule has 1 aromatic rings. The van der Waals surface area contributed by atoms with E-state index in [0.29, 0.717) is 17.2 Å². The third-order valence-electron chi connectivity index (χ3n) is 3.37. The summed E-state index contributed by atoms with van der Waals surface area (Å²) in [6.45, 7) is 4.13.